The van der Waals surface area contributed by atoms with Crippen molar-refractivity contribution < 1.29 is 9.90 Å². The standard InChI is InChI=1S/C15H21NO2S/c1-19-11-12-4-2-6-14(8-12)15(18)16-7-3-5-13(9-16)10-17/h2,4,6,8,13,17H,3,5,7,9-11H2,1H3. The van der Waals surface area contributed by atoms with Gasteiger partial charge in [-0.05, 0) is 42.7 Å². The maximum Gasteiger partial charge on any atom is 0.253 e. The molecular weight excluding hydrogens is 258 g/mol. The molecule has 1 fully saturated rings. The molecule has 1 heterocycles. The van der Waals surface area contributed by atoms with E-state index in [0.29, 0.717) is 6.54 Å². The van der Waals surface area contributed by atoms with Gasteiger partial charge in [0.05, 0.1) is 0 Å². The zero-order valence-electron chi connectivity index (χ0n) is 11.3. The highest BCUT2D eigenvalue weighted by Crippen LogP contribution is 2.19. The van der Waals surface area contributed by atoms with E-state index in [-0.39, 0.29) is 18.4 Å². The third kappa shape index (κ3) is 3.74. The number of rotatable bonds is 4. The largest absolute Gasteiger partial charge is 0.396 e. The van der Waals surface area contributed by atoms with E-state index in [1.54, 1.807) is 11.8 Å². The molecule has 1 saturated heterocycles. The van der Waals surface area contributed by atoms with Crippen LogP contribution in [0.15, 0.2) is 24.3 Å². The molecule has 1 aliphatic heterocycles. The van der Waals surface area contributed by atoms with Crippen molar-refractivity contribution >= 4 is 17.7 Å². The van der Waals surface area contributed by atoms with Crippen LogP contribution in [0.4, 0.5) is 0 Å². The average Bonchev–Trinajstić information content (AvgIpc) is 2.47. The number of carbonyl (C=O) groups excluding carboxylic acids is 1. The highest BCUT2D eigenvalue weighted by atomic mass is 32.2. The third-order valence-electron chi connectivity index (χ3n) is 3.55. The lowest BCUT2D eigenvalue weighted by Gasteiger charge is -2.32. The van der Waals surface area contributed by atoms with E-state index in [2.05, 4.69) is 12.3 Å². The van der Waals surface area contributed by atoms with E-state index in [1.807, 2.05) is 23.1 Å². The van der Waals surface area contributed by atoms with Gasteiger partial charge in [-0.1, -0.05) is 12.1 Å². The van der Waals surface area contributed by atoms with Crippen molar-refractivity contribution in [2.24, 2.45) is 5.92 Å². The highest BCUT2D eigenvalue weighted by Gasteiger charge is 2.23. The van der Waals surface area contributed by atoms with Crippen LogP contribution in [-0.4, -0.2) is 41.9 Å². The Balaban J connectivity index is 2.08. The van der Waals surface area contributed by atoms with Crippen molar-refractivity contribution in [2.75, 3.05) is 26.0 Å². The van der Waals surface area contributed by atoms with Crippen molar-refractivity contribution in [1.29, 1.82) is 0 Å². The Bertz CT molecular complexity index is 436. The minimum Gasteiger partial charge on any atom is -0.396 e. The molecule has 1 aliphatic rings. The fraction of sp³-hybridized carbons (Fsp3) is 0.533. The Morgan fingerprint density at radius 3 is 3.11 bits per heavy atom. The second-order valence-corrected chi connectivity index (χ2v) is 5.94. The average molecular weight is 279 g/mol. The van der Waals surface area contributed by atoms with Gasteiger partial charge >= 0.3 is 0 Å². The summed E-state index contributed by atoms with van der Waals surface area (Å²) in [5, 5.41) is 9.23. The molecule has 4 heteroatoms. The lowest BCUT2D eigenvalue weighted by Crippen LogP contribution is -2.40. The van der Waals surface area contributed by atoms with E-state index in [9.17, 15) is 9.90 Å². The normalized spacial score (nSPS) is 19.5. The van der Waals surface area contributed by atoms with Crippen LogP contribution in [0.5, 0.6) is 0 Å². The molecule has 1 N–H and O–H groups in total. The second kappa shape index (κ2) is 6.96. The molecule has 1 unspecified atom stereocenters. The van der Waals surface area contributed by atoms with E-state index in [1.165, 1.54) is 5.56 Å². The van der Waals surface area contributed by atoms with Crippen LogP contribution in [-0.2, 0) is 5.75 Å². The molecule has 1 amide bonds. The zero-order valence-corrected chi connectivity index (χ0v) is 12.2. The molecule has 3 nitrogen and oxygen atoms in total. The van der Waals surface area contributed by atoms with Gasteiger partial charge < -0.3 is 10.0 Å². The van der Waals surface area contributed by atoms with Crippen molar-refractivity contribution in [2.45, 2.75) is 18.6 Å². The minimum atomic E-state index is 0.0982. The first kappa shape index (κ1) is 14.4. The Hall–Kier alpha value is -1.00. The van der Waals surface area contributed by atoms with Crippen LogP contribution in [0.2, 0.25) is 0 Å². The maximum atomic E-state index is 12.5. The van der Waals surface area contributed by atoms with Gasteiger partial charge in [0, 0.05) is 31.0 Å². The predicted octanol–water partition coefficient (Wildman–Crippen LogP) is 2.39. The number of likely N-dealkylation sites (tertiary alicyclic amines) is 1. The lowest BCUT2D eigenvalue weighted by atomic mass is 9.98. The summed E-state index contributed by atoms with van der Waals surface area (Å²) in [6, 6.07) is 7.88. The molecule has 0 spiro atoms. The molecular formula is C15H21NO2S. The first-order chi connectivity index (χ1) is 9.24. The molecule has 19 heavy (non-hydrogen) atoms. The second-order valence-electron chi connectivity index (χ2n) is 5.08. The summed E-state index contributed by atoms with van der Waals surface area (Å²) in [4.78, 5) is 14.3. The topological polar surface area (TPSA) is 40.5 Å². The monoisotopic (exact) mass is 279 g/mol. The third-order valence-corrected chi connectivity index (χ3v) is 4.17. The van der Waals surface area contributed by atoms with Gasteiger partial charge in [-0.15, -0.1) is 0 Å². The van der Waals surface area contributed by atoms with Gasteiger partial charge in [0.1, 0.15) is 0 Å². The number of nitrogens with zero attached hydrogens (tertiary/aromatic N) is 1. The van der Waals surface area contributed by atoms with Crippen LogP contribution in [0, 0.1) is 5.92 Å². The summed E-state index contributed by atoms with van der Waals surface area (Å²) in [7, 11) is 0. The quantitative estimate of drug-likeness (QED) is 0.920. The summed E-state index contributed by atoms with van der Waals surface area (Å²) in [5.41, 5.74) is 1.96. The van der Waals surface area contributed by atoms with Gasteiger partial charge in [-0.3, -0.25) is 4.79 Å². The van der Waals surface area contributed by atoms with Crippen LogP contribution >= 0.6 is 11.8 Å². The van der Waals surface area contributed by atoms with Gasteiger partial charge in [0.15, 0.2) is 0 Å². The number of hydrogen-bond acceptors (Lipinski definition) is 3. The highest BCUT2D eigenvalue weighted by molar-refractivity contribution is 7.97. The number of piperidine rings is 1. The fourth-order valence-electron chi connectivity index (χ4n) is 2.54. The molecule has 2 rings (SSSR count). The summed E-state index contributed by atoms with van der Waals surface area (Å²) >= 11 is 1.76. The summed E-state index contributed by atoms with van der Waals surface area (Å²) in [5.74, 6) is 1.27. The number of benzene rings is 1. The first-order valence-corrected chi connectivity index (χ1v) is 8.12. The van der Waals surface area contributed by atoms with Crippen LogP contribution in [0.25, 0.3) is 0 Å². The number of amides is 1. The lowest BCUT2D eigenvalue weighted by molar-refractivity contribution is 0.0620. The molecule has 1 atom stereocenters. The molecule has 0 radical (unpaired) electrons. The van der Waals surface area contributed by atoms with E-state index < -0.39 is 0 Å². The molecule has 0 aromatic heterocycles. The Morgan fingerprint density at radius 2 is 2.37 bits per heavy atom. The van der Waals surface area contributed by atoms with Gasteiger partial charge in [0.25, 0.3) is 5.91 Å². The first-order valence-electron chi connectivity index (χ1n) is 6.72. The van der Waals surface area contributed by atoms with Crippen LogP contribution in [0.3, 0.4) is 0 Å². The number of hydrogen-bond donors (Lipinski definition) is 1. The minimum absolute atomic E-state index is 0.0982. The van der Waals surface area contributed by atoms with Gasteiger partial charge in [-0.2, -0.15) is 11.8 Å². The zero-order chi connectivity index (χ0) is 13.7. The Morgan fingerprint density at radius 1 is 1.53 bits per heavy atom. The van der Waals surface area contributed by atoms with Crippen molar-refractivity contribution in [1.82, 2.24) is 4.90 Å². The van der Waals surface area contributed by atoms with Gasteiger partial charge in [0.2, 0.25) is 0 Å². The molecule has 1 aromatic rings. The van der Waals surface area contributed by atoms with E-state index in [4.69, 9.17) is 0 Å². The predicted molar refractivity (Wildman–Crippen MR) is 79.4 cm³/mol. The summed E-state index contributed by atoms with van der Waals surface area (Å²) in [6.07, 6.45) is 4.07. The van der Waals surface area contributed by atoms with Gasteiger partial charge in [-0.25, -0.2) is 0 Å². The molecule has 1 aromatic carbocycles. The van der Waals surface area contributed by atoms with E-state index in [0.717, 1.165) is 30.7 Å². The Kier molecular flexibility index (Phi) is 5.28. The number of aliphatic hydroxyl groups excluding tert-OH is 1. The number of aliphatic hydroxyl groups is 1. The van der Waals surface area contributed by atoms with E-state index >= 15 is 0 Å². The SMILES string of the molecule is CSCc1cccc(C(=O)N2CCCC(CO)C2)c1. The number of thioether (sulfide) groups is 1. The van der Waals surface area contributed by atoms with Crippen molar-refractivity contribution in [3.05, 3.63) is 35.4 Å². The molecule has 104 valence electrons. The molecule has 0 saturated carbocycles. The smallest absolute Gasteiger partial charge is 0.253 e. The van der Waals surface area contributed by atoms with Crippen LogP contribution in [0.1, 0.15) is 28.8 Å². The summed E-state index contributed by atoms with van der Waals surface area (Å²) < 4.78 is 0. The molecule has 0 bridgehead atoms. The van der Waals surface area contributed by atoms with Crippen LogP contribution < -0.4 is 0 Å². The maximum absolute atomic E-state index is 12.5. The van der Waals surface area contributed by atoms with Crippen molar-refractivity contribution in [3.8, 4) is 0 Å². The molecule has 0 aliphatic carbocycles. The summed E-state index contributed by atoms with van der Waals surface area (Å²) in [6.45, 7) is 1.67. The fourth-order valence-corrected chi connectivity index (χ4v) is 3.05. The Labute approximate surface area is 119 Å². The van der Waals surface area contributed by atoms with Crippen molar-refractivity contribution in [3.63, 3.8) is 0 Å². The number of carbonyl (C=O) groups is 1.